The normalized spacial score (nSPS) is 25.2. The van der Waals surface area contributed by atoms with Crippen molar-refractivity contribution in [3.05, 3.63) is 35.9 Å². The van der Waals surface area contributed by atoms with Gasteiger partial charge < -0.3 is 15.2 Å². The van der Waals surface area contributed by atoms with Gasteiger partial charge in [-0.15, -0.1) is 0 Å². The van der Waals surface area contributed by atoms with Crippen LogP contribution in [0.15, 0.2) is 30.3 Å². The minimum atomic E-state index is -0.502. The Hall–Kier alpha value is -1.55. The number of rotatable bonds is 5. The highest BCUT2D eigenvalue weighted by molar-refractivity contribution is 5.68. The zero-order chi connectivity index (χ0) is 18.5. The summed E-state index contributed by atoms with van der Waals surface area (Å²) in [4.78, 5) is 12.3. The number of ether oxygens (including phenoxy) is 1. The zero-order valence-corrected chi connectivity index (χ0v) is 16.0. The molecular formula is C21H33NO3. The van der Waals surface area contributed by atoms with Gasteiger partial charge in [-0.3, -0.25) is 0 Å². The highest BCUT2D eigenvalue weighted by atomic mass is 16.6. The summed E-state index contributed by atoms with van der Waals surface area (Å²) in [5.41, 5.74) is 0.743. The Morgan fingerprint density at radius 2 is 1.88 bits per heavy atom. The molecule has 140 valence electrons. The summed E-state index contributed by atoms with van der Waals surface area (Å²) < 4.78 is 5.48. The van der Waals surface area contributed by atoms with Crippen LogP contribution in [0.5, 0.6) is 0 Å². The van der Waals surface area contributed by atoms with Gasteiger partial charge in [0.25, 0.3) is 0 Å². The summed E-state index contributed by atoms with van der Waals surface area (Å²) in [6, 6.07) is 10.5. The van der Waals surface area contributed by atoms with Crippen molar-refractivity contribution in [1.82, 2.24) is 5.32 Å². The van der Waals surface area contributed by atoms with E-state index in [0.717, 1.165) is 38.5 Å². The lowest BCUT2D eigenvalue weighted by Crippen LogP contribution is -2.51. The van der Waals surface area contributed by atoms with E-state index in [0.29, 0.717) is 0 Å². The topological polar surface area (TPSA) is 58.6 Å². The van der Waals surface area contributed by atoms with Gasteiger partial charge in [-0.25, -0.2) is 4.79 Å². The Balaban J connectivity index is 2.18. The molecule has 1 aromatic rings. The minimum absolute atomic E-state index is 0.0355. The molecule has 0 saturated heterocycles. The number of benzene rings is 1. The maximum Gasteiger partial charge on any atom is 0.407 e. The van der Waals surface area contributed by atoms with Crippen molar-refractivity contribution in [1.29, 1.82) is 0 Å². The van der Waals surface area contributed by atoms with E-state index in [1.165, 1.54) is 5.56 Å². The number of alkyl carbamates (subject to hydrolysis) is 1. The number of aliphatic hydroxyl groups is 1. The molecule has 1 unspecified atom stereocenters. The van der Waals surface area contributed by atoms with Crippen molar-refractivity contribution >= 4 is 6.09 Å². The van der Waals surface area contributed by atoms with Gasteiger partial charge >= 0.3 is 6.09 Å². The highest BCUT2D eigenvalue weighted by Crippen LogP contribution is 2.43. The third kappa shape index (κ3) is 5.74. The third-order valence-electron chi connectivity index (χ3n) is 5.19. The summed E-state index contributed by atoms with van der Waals surface area (Å²) in [5, 5.41) is 13.1. The van der Waals surface area contributed by atoms with Crippen molar-refractivity contribution in [2.24, 2.45) is 5.41 Å². The molecule has 25 heavy (non-hydrogen) atoms. The Kier molecular flexibility index (Phi) is 6.50. The summed E-state index contributed by atoms with van der Waals surface area (Å²) in [6.45, 7) is 7.75. The van der Waals surface area contributed by atoms with Crippen molar-refractivity contribution in [2.75, 3.05) is 0 Å². The number of carbonyl (C=O) groups is 1. The molecule has 0 spiro atoms. The molecule has 4 heteroatoms. The number of nitrogens with one attached hydrogen (secondary N) is 1. The van der Waals surface area contributed by atoms with Crippen LogP contribution < -0.4 is 5.32 Å². The lowest BCUT2D eigenvalue weighted by atomic mass is 9.64. The van der Waals surface area contributed by atoms with Crippen molar-refractivity contribution in [2.45, 2.75) is 84.0 Å². The Morgan fingerprint density at radius 3 is 2.40 bits per heavy atom. The largest absolute Gasteiger partial charge is 0.444 e. The van der Waals surface area contributed by atoms with Crippen LogP contribution in [0.4, 0.5) is 4.79 Å². The predicted octanol–water partition coefficient (Wildman–Crippen LogP) is 4.45. The number of hydrogen-bond acceptors (Lipinski definition) is 3. The first-order valence-corrected chi connectivity index (χ1v) is 9.45. The molecule has 0 radical (unpaired) electrons. The van der Waals surface area contributed by atoms with E-state index in [9.17, 15) is 9.90 Å². The SMILES string of the molecule is CCC(NC(=O)OC(C)(C)C)[C@]1(Cc2ccccc2)CC[C@@H](O)CC1. The first kappa shape index (κ1) is 19.8. The number of amides is 1. The first-order chi connectivity index (χ1) is 11.7. The van der Waals surface area contributed by atoms with Crippen LogP contribution in [0.2, 0.25) is 0 Å². The van der Waals surface area contributed by atoms with Gasteiger partial charge in [0.2, 0.25) is 0 Å². The summed E-state index contributed by atoms with van der Waals surface area (Å²) in [6.07, 6.45) is 4.60. The zero-order valence-electron chi connectivity index (χ0n) is 16.0. The third-order valence-corrected chi connectivity index (χ3v) is 5.19. The number of aliphatic hydroxyl groups excluding tert-OH is 1. The Labute approximate surface area is 152 Å². The van der Waals surface area contributed by atoms with Gasteiger partial charge in [0.1, 0.15) is 5.60 Å². The second-order valence-electron chi connectivity index (χ2n) is 8.36. The Bertz CT molecular complexity index is 542. The maximum absolute atomic E-state index is 12.3. The van der Waals surface area contributed by atoms with Crippen LogP contribution in [0.3, 0.4) is 0 Å². The molecule has 1 aliphatic rings. The van der Waals surface area contributed by atoms with E-state index < -0.39 is 5.60 Å². The first-order valence-electron chi connectivity index (χ1n) is 9.45. The van der Waals surface area contributed by atoms with E-state index in [1.807, 2.05) is 26.8 Å². The molecule has 0 bridgehead atoms. The van der Waals surface area contributed by atoms with Crippen LogP contribution in [0.1, 0.15) is 65.4 Å². The molecule has 1 aliphatic carbocycles. The van der Waals surface area contributed by atoms with Crippen molar-refractivity contribution in [3.8, 4) is 0 Å². The Morgan fingerprint density at radius 1 is 1.28 bits per heavy atom. The average molecular weight is 347 g/mol. The van der Waals surface area contributed by atoms with Crippen LogP contribution >= 0.6 is 0 Å². The minimum Gasteiger partial charge on any atom is -0.444 e. The van der Waals surface area contributed by atoms with E-state index in [2.05, 4.69) is 36.5 Å². The lowest BCUT2D eigenvalue weighted by Gasteiger charge is -2.45. The molecule has 4 nitrogen and oxygen atoms in total. The maximum atomic E-state index is 12.3. The molecule has 2 N–H and O–H groups in total. The van der Waals surface area contributed by atoms with Crippen LogP contribution in [-0.2, 0) is 11.2 Å². The molecule has 1 aromatic carbocycles. The standard InChI is InChI=1S/C21H33NO3/c1-5-18(22-19(24)25-20(2,3)4)21(13-11-17(23)12-14-21)15-16-9-7-6-8-10-16/h6-10,17-18,23H,5,11-15H2,1-4H3,(H,22,24)/t17-,18?,21-. The second-order valence-corrected chi connectivity index (χ2v) is 8.36. The monoisotopic (exact) mass is 347 g/mol. The fraction of sp³-hybridized carbons (Fsp3) is 0.667. The van der Waals surface area contributed by atoms with Gasteiger partial charge in [0, 0.05) is 6.04 Å². The van der Waals surface area contributed by atoms with E-state index in [4.69, 9.17) is 4.74 Å². The molecule has 1 amide bonds. The van der Waals surface area contributed by atoms with Crippen LogP contribution in [-0.4, -0.2) is 28.9 Å². The summed E-state index contributed by atoms with van der Waals surface area (Å²) in [5.74, 6) is 0. The van der Waals surface area contributed by atoms with E-state index in [-0.39, 0.29) is 23.7 Å². The average Bonchev–Trinajstić information content (AvgIpc) is 2.54. The van der Waals surface area contributed by atoms with Crippen molar-refractivity contribution < 1.29 is 14.6 Å². The smallest absolute Gasteiger partial charge is 0.407 e. The second kappa shape index (κ2) is 8.22. The summed E-state index contributed by atoms with van der Waals surface area (Å²) in [7, 11) is 0. The molecule has 2 rings (SSSR count). The molecule has 1 saturated carbocycles. The fourth-order valence-corrected chi connectivity index (χ4v) is 3.97. The summed E-state index contributed by atoms with van der Waals surface area (Å²) >= 11 is 0. The van der Waals surface area contributed by atoms with Gasteiger partial charge in [-0.05, 0) is 70.3 Å². The molecular weight excluding hydrogens is 314 g/mol. The molecule has 0 aliphatic heterocycles. The molecule has 0 heterocycles. The fourth-order valence-electron chi connectivity index (χ4n) is 3.97. The van der Waals surface area contributed by atoms with E-state index >= 15 is 0 Å². The quantitative estimate of drug-likeness (QED) is 0.827. The number of carbonyl (C=O) groups excluding carboxylic acids is 1. The van der Waals surface area contributed by atoms with Crippen LogP contribution in [0, 0.1) is 5.41 Å². The predicted molar refractivity (Wildman–Crippen MR) is 101 cm³/mol. The molecule has 1 fully saturated rings. The van der Waals surface area contributed by atoms with Crippen molar-refractivity contribution in [3.63, 3.8) is 0 Å². The van der Waals surface area contributed by atoms with Crippen LogP contribution in [0.25, 0.3) is 0 Å². The van der Waals surface area contributed by atoms with E-state index in [1.54, 1.807) is 0 Å². The number of hydrogen-bond donors (Lipinski definition) is 2. The van der Waals surface area contributed by atoms with Gasteiger partial charge in [-0.2, -0.15) is 0 Å². The van der Waals surface area contributed by atoms with Gasteiger partial charge in [0.15, 0.2) is 0 Å². The van der Waals surface area contributed by atoms with Gasteiger partial charge in [0.05, 0.1) is 6.10 Å². The molecule has 0 aromatic heterocycles. The van der Waals surface area contributed by atoms with Gasteiger partial charge in [-0.1, -0.05) is 37.3 Å². The lowest BCUT2D eigenvalue weighted by molar-refractivity contribution is 0.0210. The molecule has 1 atom stereocenters. The highest BCUT2D eigenvalue weighted by Gasteiger charge is 2.42.